The Labute approximate surface area is 134 Å². The summed E-state index contributed by atoms with van der Waals surface area (Å²) in [6.07, 6.45) is 1.36. The van der Waals surface area contributed by atoms with Crippen molar-refractivity contribution in [1.29, 1.82) is 0 Å². The van der Waals surface area contributed by atoms with Crippen LogP contribution in [-0.2, 0) is 19.8 Å². The van der Waals surface area contributed by atoms with Crippen molar-refractivity contribution in [3.8, 4) is 0 Å². The molecule has 0 aliphatic carbocycles. The highest BCUT2D eigenvalue weighted by molar-refractivity contribution is 6.06. The fourth-order valence-electron chi connectivity index (χ4n) is 3.81. The van der Waals surface area contributed by atoms with Gasteiger partial charge in [0.15, 0.2) is 0 Å². The fourth-order valence-corrected chi connectivity index (χ4v) is 3.81. The number of para-hydroxylation sites is 1. The van der Waals surface area contributed by atoms with E-state index in [-0.39, 0.29) is 11.8 Å². The van der Waals surface area contributed by atoms with Gasteiger partial charge < -0.3 is 15.1 Å². The highest BCUT2D eigenvalue weighted by atomic mass is 16.6. The second-order valence-corrected chi connectivity index (χ2v) is 6.53. The summed E-state index contributed by atoms with van der Waals surface area (Å²) in [5.41, 5.74) is 2.32. The van der Waals surface area contributed by atoms with E-state index in [1.165, 1.54) is 0 Å². The van der Waals surface area contributed by atoms with Gasteiger partial charge in [0.05, 0.1) is 11.1 Å². The van der Waals surface area contributed by atoms with Gasteiger partial charge in [0.25, 0.3) is 5.91 Å². The number of hydrogen-bond donors (Lipinski definition) is 1. The van der Waals surface area contributed by atoms with E-state index in [0.29, 0.717) is 32.4 Å². The van der Waals surface area contributed by atoms with E-state index >= 15 is 0 Å². The van der Waals surface area contributed by atoms with Gasteiger partial charge in [-0.1, -0.05) is 23.4 Å². The van der Waals surface area contributed by atoms with E-state index in [1.807, 2.05) is 31.2 Å². The van der Waals surface area contributed by atoms with Crippen molar-refractivity contribution in [2.24, 2.45) is 5.16 Å². The first-order valence-electron chi connectivity index (χ1n) is 7.99. The summed E-state index contributed by atoms with van der Waals surface area (Å²) in [5.74, 6) is 0.0363. The maximum Gasteiger partial charge on any atom is 0.266 e. The highest BCUT2D eigenvalue weighted by Crippen LogP contribution is 2.44. The number of benzene rings is 1. The predicted molar refractivity (Wildman–Crippen MR) is 85.2 cm³/mol. The van der Waals surface area contributed by atoms with Crippen molar-refractivity contribution < 1.29 is 14.4 Å². The van der Waals surface area contributed by atoms with Crippen LogP contribution in [0.4, 0.5) is 5.69 Å². The van der Waals surface area contributed by atoms with Gasteiger partial charge in [-0.3, -0.25) is 9.59 Å². The van der Waals surface area contributed by atoms with Crippen LogP contribution in [-0.4, -0.2) is 41.6 Å². The highest BCUT2D eigenvalue weighted by Gasteiger charge is 2.49. The zero-order valence-electron chi connectivity index (χ0n) is 13.0. The molecule has 1 atom stereocenters. The van der Waals surface area contributed by atoms with E-state index in [2.05, 4.69) is 10.5 Å². The van der Waals surface area contributed by atoms with Crippen molar-refractivity contribution in [1.82, 2.24) is 4.90 Å². The summed E-state index contributed by atoms with van der Waals surface area (Å²) < 4.78 is 0. The SMILES string of the molecule is CC1=NO[C@H](C(=O)N2CCC3(CC2)C(=O)Nc2ccccc23)C1. The monoisotopic (exact) mass is 313 g/mol. The molecule has 3 aliphatic heterocycles. The number of carbonyl (C=O) groups excluding carboxylic acids is 2. The number of rotatable bonds is 1. The minimum atomic E-state index is -0.492. The van der Waals surface area contributed by atoms with Crippen molar-refractivity contribution in [2.75, 3.05) is 18.4 Å². The summed E-state index contributed by atoms with van der Waals surface area (Å²) in [4.78, 5) is 32.0. The van der Waals surface area contributed by atoms with Crippen LogP contribution in [0.25, 0.3) is 0 Å². The van der Waals surface area contributed by atoms with Crippen LogP contribution in [0, 0.1) is 0 Å². The van der Waals surface area contributed by atoms with Crippen LogP contribution < -0.4 is 5.32 Å². The molecule has 120 valence electrons. The molecule has 3 aliphatic rings. The lowest BCUT2D eigenvalue weighted by atomic mass is 9.73. The topological polar surface area (TPSA) is 71.0 Å². The minimum Gasteiger partial charge on any atom is -0.382 e. The number of anilines is 1. The van der Waals surface area contributed by atoms with Gasteiger partial charge in [-0.25, -0.2) is 0 Å². The van der Waals surface area contributed by atoms with E-state index in [9.17, 15) is 9.59 Å². The smallest absolute Gasteiger partial charge is 0.266 e. The van der Waals surface area contributed by atoms with Crippen LogP contribution in [0.3, 0.4) is 0 Å². The number of fused-ring (bicyclic) bond motifs is 2. The molecule has 1 spiro atoms. The first kappa shape index (κ1) is 14.2. The maximum atomic E-state index is 12.5. The van der Waals surface area contributed by atoms with Crippen LogP contribution in [0.2, 0.25) is 0 Å². The molecular weight excluding hydrogens is 294 g/mol. The number of oxime groups is 1. The molecule has 1 fully saturated rings. The third-order valence-corrected chi connectivity index (χ3v) is 5.15. The molecule has 0 radical (unpaired) electrons. The average molecular weight is 313 g/mol. The lowest BCUT2D eigenvalue weighted by Gasteiger charge is -2.38. The Morgan fingerprint density at radius 3 is 2.78 bits per heavy atom. The molecule has 1 aromatic rings. The second kappa shape index (κ2) is 5.08. The molecule has 6 nitrogen and oxygen atoms in total. The third-order valence-electron chi connectivity index (χ3n) is 5.15. The van der Waals surface area contributed by atoms with Gasteiger partial charge in [0, 0.05) is 25.2 Å². The lowest BCUT2D eigenvalue weighted by molar-refractivity contribution is -0.144. The zero-order valence-corrected chi connectivity index (χ0v) is 13.0. The molecule has 1 aromatic carbocycles. The molecule has 1 N–H and O–H groups in total. The quantitative estimate of drug-likeness (QED) is 0.857. The molecular formula is C17H19N3O3. The molecule has 4 rings (SSSR count). The molecule has 0 saturated carbocycles. The number of nitrogens with one attached hydrogen (secondary N) is 1. The van der Waals surface area contributed by atoms with E-state index < -0.39 is 11.5 Å². The fraction of sp³-hybridized carbons (Fsp3) is 0.471. The number of hydrogen-bond acceptors (Lipinski definition) is 4. The largest absolute Gasteiger partial charge is 0.382 e. The Bertz CT molecular complexity index is 705. The number of carbonyl (C=O) groups is 2. The normalized spacial score (nSPS) is 24.9. The Morgan fingerprint density at radius 1 is 1.35 bits per heavy atom. The number of likely N-dealkylation sites (tertiary alicyclic amines) is 1. The Morgan fingerprint density at radius 2 is 2.09 bits per heavy atom. The maximum absolute atomic E-state index is 12.5. The van der Waals surface area contributed by atoms with E-state index in [0.717, 1.165) is 17.0 Å². The predicted octanol–water partition coefficient (Wildman–Crippen LogP) is 1.66. The van der Waals surface area contributed by atoms with Crippen LogP contribution in [0.5, 0.6) is 0 Å². The second-order valence-electron chi connectivity index (χ2n) is 6.53. The van der Waals surface area contributed by atoms with Gasteiger partial charge in [0.1, 0.15) is 0 Å². The van der Waals surface area contributed by atoms with Gasteiger partial charge in [-0.2, -0.15) is 0 Å². The van der Waals surface area contributed by atoms with Crippen LogP contribution >= 0.6 is 0 Å². The van der Waals surface area contributed by atoms with Crippen LogP contribution in [0.1, 0.15) is 31.7 Å². The zero-order chi connectivity index (χ0) is 16.0. The Balaban J connectivity index is 1.49. The standard InChI is InChI=1S/C17H19N3O3/c1-11-10-14(23-19-11)15(21)20-8-6-17(7-9-20)12-4-2-3-5-13(12)18-16(17)22/h2-5,14H,6-10H2,1H3,(H,18,22)/t14-/m0/s1. The number of piperidine rings is 1. The first-order valence-corrected chi connectivity index (χ1v) is 7.99. The van der Waals surface area contributed by atoms with Gasteiger partial charge >= 0.3 is 0 Å². The summed E-state index contributed by atoms with van der Waals surface area (Å²) in [5, 5.41) is 6.83. The molecule has 0 aromatic heterocycles. The van der Waals surface area contributed by atoms with Crippen molar-refractivity contribution in [2.45, 2.75) is 37.7 Å². The Hall–Kier alpha value is -2.37. The van der Waals surface area contributed by atoms with Crippen molar-refractivity contribution in [3.05, 3.63) is 29.8 Å². The molecule has 23 heavy (non-hydrogen) atoms. The molecule has 0 unspecified atom stereocenters. The van der Waals surface area contributed by atoms with Crippen LogP contribution in [0.15, 0.2) is 29.4 Å². The lowest BCUT2D eigenvalue weighted by Crippen LogP contribution is -2.50. The molecule has 2 amide bonds. The summed E-state index contributed by atoms with van der Waals surface area (Å²) in [6.45, 7) is 3.00. The summed E-state index contributed by atoms with van der Waals surface area (Å²) in [7, 11) is 0. The van der Waals surface area contributed by atoms with E-state index in [1.54, 1.807) is 4.90 Å². The van der Waals surface area contributed by atoms with Gasteiger partial charge in [-0.05, 0) is 31.4 Å². The third kappa shape index (κ3) is 2.12. The molecule has 6 heteroatoms. The average Bonchev–Trinajstić information content (AvgIpc) is 3.11. The summed E-state index contributed by atoms with van der Waals surface area (Å²) in [6, 6.07) is 7.84. The number of nitrogens with zero attached hydrogens (tertiary/aromatic N) is 2. The van der Waals surface area contributed by atoms with E-state index in [4.69, 9.17) is 4.84 Å². The Kier molecular flexibility index (Phi) is 3.14. The van der Waals surface area contributed by atoms with Gasteiger partial charge in [-0.15, -0.1) is 0 Å². The molecule has 3 heterocycles. The first-order chi connectivity index (χ1) is 11.1. The molecule has 0 bridgehead atoms. The molecule has 1 saturated heterocycles. The minimum absolute atomic E-state index is 0.0212. The van der Waals surface area contributed by atoms with Crippen molar-refractivity contribution >= 4 is 23.2 Å². The van der Waals surface area contributed by atoms with Crippen molar-refractivity contribution in [3.63, 3.8) is 0 Å². The number of amides is 2. The summed E-state index contributed by atoms with van der Waals surface area (Å²) >= 11 is 0. The van der Waals surface area contributed by atoms with Gasteiger partial charge in [0.2, 0.25) is 12.0 Å².